The molecule has 0 aliphatic carbocycles. The Hall–Kier alpha value is -9.10. The third kappa shape index (κ3) is 6.09. The fraction of sp³-hybridized carbons (Fsp3) is 0. The van der Waals surface area contributed by atoms with E-state index in [1.807, 2.05) is 11.8 Å². The van der Waals surface area contributed by atoms with Gasteiger partial charge < -0.3 is 24.0 Å². The molecule has 4 aliphatic rings. The average molecular weight is 961 g/mol. The van der Waals surface area contributed by atoms with Crippen LogP contribution in [0.4, 0.5) is 51.2 Å². The highest BCUT2D eigenvalue weighted by Crippen LogP contribution is 2.48. The molecular weight excluding hydrogens is 918 g/mol. The van der Waals surface area contributed by atoms with Crippen molar-refractivity contribution in [2.45, 2.75) is 9.79 Å². The van der Waals surface area contributed by atoms with Gasteiger partial charge >= 0.3 is 0 Å². The Morgan fingerprint density at radius 2 is 0.838 bits per heavy atom. The molecule has 0 saturated carbocycles. The van der Waals surface area contributed by atoms with Gasteiger partial charge in [0.1, 0.15) is 11.5 Å². The summed E-state index contributed by atoms with van der Waals surface area (Å²) < 4.78 is 9.96. The van der Waals surface area contributed by atoms with E-state index >= 15 is 0 Å². The van der Waals surface area contributed by atoms with Crippen LogP contribution >= 0.6 is 11.8 Å². The van der Waals surface area contributed by atoms with E-state index in [9.17, 15) is 0 Å². The predicted octanol–water partition coefficient (Wildman–Crippen LogP) is 13.4. The van der Waals surface area contributed by atoms with Crippen LogP contribution in [0.25, 0.3) is 27.5 Å². The van der Waals surface area contributed by atoms with E-state index in [1.54, 1.807) is 0 Å². The Labute approximate surface area is 434 Å². The van der Waals surface area contributed by atoms with Gasteiger partial charge in [-0.1, -0.05) is 169 Å². The highest BCUT2D eigenvalue weighted by Gasteiger charge is 2.46. The monoisotopic (exact) mass is 960 g/mol. The molecule has 0 atom stereocenters. The second kappa shape index (κ2) is 16.2. The first kappa shape index (κ1) is 41.5. The number of fused-ring (bicyclic) bond motifs is 11. The summed E-state index contributed by atoms with van der Waals surface area (Å²) in [6.45, 7) is -0.123. The molecule has 16 rings (SSSR count). The van der Waals surface area contributed by atoms with E-state index in [1.165, 1.54) is 75.7 Å². The van der Waals surface area contributed by atoms with Crippen LogP contribution in [-0.4, -0.2) is 18.0 Å². The molecule has 344 valence electrons. The van der Waals surface area contributed by atoms with Crippen molar-refractivity contribution in [2.75, 3.05) is 14.7 Å². The Bertz CT molecular complexity index is 4150. The number of ether oxygens (including phenoxy) is 1. The first-order valence-corrected chi connectivity index (χ1v) is 26.2. The van der Waals surface area contributed by atoms with Crippen molar-refractivity contribution in [3.05, 3.63) is 255 Å². The second-order valence-electron chi connectivity index (χ2n) is 19.6. The van der Waals surface area contributed by atoms with Crippen LogP contribution in [-0.2, 0) is 0 Å². The third-order valence-electron chi connectivity index (χ3n) is 15.6. The van der Waals surface area contributed by atoms with Gasteiger partial charge in [0, 0.05) is 77.8 Å². The average Bonchev–Trinajstić information content (AvgIpc) is 3.87. The topological polar surface area (TPSA) is 23.9 Å². The Balaban J connectivity index is 0.943. The van der Waals surface area contributed by atoms with Gasteiger partial charge in [0.2, 0.25) is 6.71 Å². The van der Waals surface area contributed by atoms with Crippen LogP contribution in [0.5, 0.6) is 11.5 Å². The summed E-state index contributed by atoms with van der Waals surface area (Å²) in [6, 6.07) is 93.2. The quantitative estimate of drug-likeness (QED) is 0.155. The van der Waals surface area contributed by atoms with Gasteiger partial charge in [-0.2, -0.15) is 0 Å². The van der Waals surface area contributed by atoms with Crippen LogP contribution < -0.4 is 52.2 Å². The normalized spacial score (nSPS) is 13.4. The summed E-state index contributed by atoms with van der Waals surface area (Å²) in [5.74, 6) is 1.75. The number of anilines is 9. The van der Waals surface area contributed by atoms with Crippen molar-refractivity contribution in [1.29, 1.82) is 0 Å². The largest absolute Gasteiger partial charge is 0.458 e. The number of hydrogen-bond donors (Lipinski definition) is 0. The Morgan fingerprint density at radius 3 is 1.43 bits per heavy atom. The van der Waals surface area contributed by atoms with Crippen molar-refractivity contribution >= 4 is 131 Å². The summed E-state index contributed by atoms with van der Waals surface area (Å²) >= 11 is 1.87. The van der Waals surface area contributed by atoms with Crippen LogP contribution in [0.3, 0.4) is 0 Å². The van der Waals surface area contributed by atoms with E-state index < -0.39 is 0 Å². The molecule has 1 aromatic heterocycles. The SMILES string of the molecule is c1ccc(N(c2ccccc2)c2cc3c4c(c2)N(c2ccccc2)c2ccccc2B4c2cc4c(cc2O3)Sc2cc(-n3c5ccccc5c5ccccc53)cc3c2B4c2ccccc2N3c2ccccc2)cc1. The fourth-order valence-electron chi connectivity index (χ4n) is 12.6. The first-order valence-electron chi connectivity index (χ1n) is 25.4. The molecule has 5 nitrogen and oxygen atoms in total. The lowest BCUT2D eigenvalue weighted by Crippen LogP contribution is -2.63. The summed E-state index contributed by atoms with van der Waals surface area (Å²) in [5.41, 5.74) is 21.1. The minimum absolute atomic E-state index is 0.0295. The van der Waals surface area contributed by atoms with Gasteiger partial charge in [0.15, 0.2) is 0 Å². The minimum atomic E-state index is -0.0932. The van der Waals surface area contributed by atoms with Crippen molar-refractivity contribution in [3.8, 4) is 17.2 Å². The van der Waals surface area contributed by atoms with Crippen molar-refractivity contribution in [2.24, 2.45) is 0 Å². The second-order valence-corrected chi connectivity index (χ2v) is 20.7. The zero-order chi connectivity index (χ0) is 48.4. The zero-order valence-electron chi connectivity index (χ0n) is 40.0. The van der Waals surface area contributed by atoms with Crippen LogP contribution in [0.1, 0.15) is 0 Å². The standard InChI is InChI=1S/C66H42B2N4OS/c1-5-21-43(22-6-1)69(44-23-7-2-8-24-44)47-37-59-65-62(39-47)73-61-42-63-54(41-53(61)67(65)51-31-15-19-35-57(51)70(59)45-25-9-3-10-26-45)68-52-32-16-20-36-58(52)71(46-27-11-4-12-28-46)60-38-48(40-64(74-63)66(60)68)72-55-33-17-13-29-49(55)50-30-14-18-34-56(50)72/h1-42H. The van der Waals surface area contributed by atoms with E-state index in [2.05, 4.69) is 274 Å². The van der Waals surface area contributed by atoms with Crippen molar-refractivity contribution < 1.29 is 4.74 Å². The predicted molar refractivity (Wildman–Crippen MR) is 311 cm³/mol. The molecule has 0 saturated heterocycles. The van der Waals surface area contributed by atoms with Crippen LogP contribution in [0.2, 0.25) is 0 Å². The minimum Gasteiger partial charge on any atom is -0.458 e. The number of aromatic nitrogens is 1. The van der Waals surface area contributed by atoms with Gasteiger partial charge in [-0.05, 0) is 124 Å². The molecule has 0 radical (unpaired) electrons. The molecule has 0 N–H and O–H groups in total. The smallest absolute Gasteiger partial charge is 0.256 e. The zero-order valence-corrected chi connectivity index (χ0v) is 40.8. The van der Waals surface area contributed by atoms with Crippen molar-refractivity contribution in [3.63, 3.8) is 0 Å². The molecule has 11 aromatic carbocycles. The molecule has 4 aliphatic heterocycles. The first-order chi connectivity index (χ1) is 36.7. The van der Waals surface area contributed by atoms with E-state index in [-0.39, 0.29) is 13.4 Å². The summed E-state index contributed by atoms with van der Waals surface area (Å²) in [7, 11) is 0. The molecular formula is C66H42B2N4OS. The molecule has 0 fully saturated rings. The Kier molecular flexibility index (Phi) is 9.09. The highest BCUT2D eigenvalue weighted by atomic mass is 32.2. The molecule has 0 amide bonds. The molecule has 0 spiro atoms. The number of rotatable bonds is 6. The van der Waals surface area contributed by atoms with Gasteiger partial charge in [-0.15, -0.1) is 0 Å². The lowest BCUT2D eigenvalue weighted by molar-refractivity contribution is 0.486. The molecule has 74 heavy (non-hydrogen) atoms. The molecule has 5 heterocycles. The van der Waals surface area contributed by atoms with E-state index in [0.717, 1.165) is 57.0 Å². The van der Waals surface area contributed by atoms with Crippen LogP contribution in [0.15, 0.2) is 265 Å². The number of benzene rings is 11. The summed E-state index contributed by atoms with van der Waals surface area (Å²) in [6.07, 6.45) is 0. The molecule has 12 aromatic rings. The summed E-state index contributed by atoms with van der Waals surface area (Å²) in [5, 5.41) is 2.50. The molecule has 0 unspecified atom stereocenters. The van der Waals surface area contributed by atoms with Gasteiger partial charge in [0.25, 0.3) is 6.71 Å². The summed E-state index contributed by atoms with van der Waals surface area (Å²) in [4.78, 5) is 9.74. The maximum atomic E-state index is 7.49. The van der Waals surface area contributed by atoms with E-state index in [0.29, 0.717) is 0 Å². The number of hydrogen-bond acceptors (Lipinski definition) is 5. The van der Waals surface area contributed by atoms with Gasteiger partial charge in [-0.3, -0.25) is 0 Å². The lowest BCUT2D eigenvalue weighted by Gasteiger charge is -2.43. The fourth-order valence-corrected chi connectivity index (χ4v) is 13.8. The third-order valence-corrected chi connectivity index (χ3v) is 16.7. The maximum Gasteiger partial charge on any atom is 0.256 e. The van der Waals surface area contributed by atoms with Crippen molar-refractivity contribution in [1.82, 2.24) is 4.57 Å². The number of para-hydroxylation sites is 8. The Morgan fingerprint density at radius 1 is 0.338 bits per heavy atom. The molecule has 0 bridgehead atoms. The maximum absolute atomic E-state index is 7.49. The lowest BCUT2D eigenvalue weighted by atomic mass is 9.31. The van der Waals surface area contributed by atoms with Gasteiger partial charge in [-0.25, -0.2) is 0 Å². The van der Waals surface area contributed by atoms with E-state index in [4.69, 9.17) is 4.74 Å². The van der Waals surface area contributed by atoms with Gasteiger partial charge in [0.05, 0.1) is 16.7 Å². The van der Waals surface area contributed by atoms with Crippen LogP contribution in [0, 0.1) is 0 Å². The molecule has 8 heteroatoms. The highest BCUT2D eigenvalue weighted by molar-refractivity contribution is 8.00. The number of nitrogens with zero attached hydrogens (tertiary/aromatic N) is 4.